The van der Waals surface area contributed by atoms with Crippen LogP contribution in [-0.4, -0.2) is 56.1 Å². The molecule has 7 unspecified atom stereocenters. The monoisotopic (exact) mass is 430 g/mol. The Morgan fingerprint density at radius 1 is 0.935 bits per heavy atom. The molecule has 0 radical (unpaired) electrons. The van der Waals surface area contributed by atoms with Gasteiger partial charge in [0.25, 0.3) is 0 Å². The van der Waals surface area contributed by atoms with Crippen molar-refractivity contribution in [2.45, 2.75) is 69.9 Å². The Bertz CT molecular complexity index is 816. The third-order valence-electron chi connectivity index (χ3n) is 7.52. The Labute approximate surface area is 183 Å². The minimum Gasteiger partial charge on any atom is -0.459 e. The molecule has 0 amide bonds. The molecule has 0 N–H and O–H groups in total. The van der Waals surface area contributed by atoms with Crippen LogP contribution < -0.4 is 4.65 Å². The van der Waals surface area contributed by atoms with Gasteiger partial charge in [0.15, 0.2) is 12.2 Å². The summed E-state index contributed by atoms with van der Waals surface area (Å²) in [5.41, 5.74) is 0.877. The standard InChI is InChI=1S/C24H32NO6/c1-2-25(16-6-4-3-5-7-16,31-24(27)20-15-18-9-11-22(20)30-18)12-13-28-23(26)19-14-17-8-10-21(19)29-17/h3-7,17-22H,2,8-15H2,1H3/q+1. The lowest BCUT2D eigenvalue weighted by atomic mass is 9.89. The van der Waals surface area contributed by atoms with Gasteiger partial charge >= 0.3 is 11.9 Å². The number of fused-ring (bicyclic) bond motifs is 4. The molecule has 7 heteroatoms. The third-order valence-corrected chi connectivity index (χ3v) is 7.52. The largest absolute Gasteiger partial charge is 0.459 e. The van der Waals surface area contributed by atoms with Crippen molar-refractivity contribution in [2.75, 3.05) is 19.7 Å². The Morgan fingerprint density at radius 2 is 1.55 bits per heavy atom. The predicted octanol–water partition coefficient (Wildman–Crippen LogP) is 3.15. The number of hydrogen-bond acceptors (Lipinski definition) is 6. The van der Waals surface area contributed by atoms with Crippen molar-refractivity contribution in [3.05, 3.63) is 30.3 Å². The average Bonchev–Trinajstić information content (AvgIpc) is 3.60. The highest BCUT2D eigenvalue weighted by molar-refractivity contribution is 5.75. The van der Waals surface area contributed by atoms with Crippen LogP contribution in [0.4, 0.5) is 5.69 Å². The van der Waals surface area contributed by atoms with Crippen LogP contribution in [0, 0.1) is 11.8 Å². The number of likely N-dealkylation sites (N-methyl/N-ethyl adjacent to an activating group) is 1. The van der Waals surface area contributed by atoms with Gasteiger partial charge in [0.1, 0.15) is 13.2 Å². The molecule has 5 rings (SSSR count). The molecular weight excluding hydrogens is 398 g/mol. The zero-order chi connectivity index (χ0) is 21.4. The highest BCUT2D eigenvalue weighted by Gasteiger charge is 2.49. The van der Waals surface area contributed by atoms with Gasteiger partial charge in [-0.25, -0.2) is 4.79 Å². The number of carbonyl (C=O) groups excluding carboxylic acids is 2. The molecule has 0 spiro atoms. The van der Waals surface area contributed by atoms with Crippen LogP contribution in [0.2, 0.25) is 0 Å². The van der Waals surface area contributed by atoms with Crippen LogP contribution in [0.5, 0.6) is 0 Å². The van der Waals surface area contributed by atoms with Gasteiger partial charge in [-0.15, -0.1) is 0 Å². The summed E-state index contributed by atoms with van der Waals surface area (Å²) in [6.07, 6.45) is 5.81. The normalized spacial score (nSPS) is 35.1. The molecule has 0 aliphatic carbocycles. The number of para-hydroxylation sites is 1. The van der Waals surface area contributed by atoms with Crippen LogP contribution in [0.1, 0.15) is 45.4 Å². The SMILES string of the molecule is CC[N+](CCOC(=O)C1CC2CCC1O2)(OC(=O)C1CC2CCC1O2)c1ccccc1. The second-order valence-corrected chi connectivity index (χ2v) is 9.27. The molecule has 4 saturated heterocycles. The van der Waals surface area contributed by atoms with Crippen molar-refractivity contribution < 1.29 is 28.6 Å². The second kappa shape index (κ2) is 8.52. The summed E-state index contributed by atoms with van der Waals surface area (Å²) in [7, 11) is 0. The molecular formula is C24H32NO6+. The first kappa shape index (κ1) is 20.9. The summed E-state index contributed by atoms with van der Waals surface area (Å²) in [6, 6.07) is 9.73. The van der Waals surface area contributed by atoms with Crippen molar-refractivity contribution in [1.82, 2.24) is 4.65 Å². The lowest BCUT2D eigenvalue weighted by Crippen LogP contribution is -2.54. The van der Waals surface area contributed by atoms with E-state index < -0.39 is 0 Å². The lowest BCUT2D eigenvalue weighted by Gasteiger charge is -2.34. The van der Waals surface area contributed by atoms with Crippen molar-refractivity contribution >= 4 is 17.6 Å². The summed E-state index contributed by atoms with van der Waals surface area (Å²) >= 11 is 0. The van der Waals surface area contributed by atoms with Gasteiger partial charge in [0.05, 0.1) is 36.3 Å². The number of carbonyl (C=O) groups is 2. The maximum Gasteiger partial charge on any atom is 0.373 e. The van der Waals surface area contributed by atoms with Crippen LogP contribution in [0.3, 0.4) is 0 Å². The maximum atomic E-state index is 13.1. The summed E-state index contributed by atoms with van der Waals surface area (Å²) in [5.74, 6) is -0.777. The fourth-order valence-corrected chi connectivity index (χ4v) is 5.74. The van der Waals surface area contributed by atoms with E-state index in [1.54, 1.807) is 0 Å². The first-order chi connectivity index (χ1) is 15.1. The van der Waals surface area contributed by atoms with Gasteiger partial charge in [-0.05, 0) is 45.4 Å². The molecule has 4 aliphatic rings. The number of rotatable bonds is 8. The van der Waals surface area contributed by atoms with E-state index in [2.05, 4.69) is 0 Å². The van der Waals surface area contributed by atoms with E-state index in [4.69, 9.17) is 19.0 Å². The number of ether oxygens (including phenoxy) is 3. The number of benzene rings is 1. The smallest absolute Gasteiger partial charge is 0.373 e. The Hall–Kier alpha value is -1.96. The van der Waals surface area contributed by atoms with Gasteiger partial charge in [-0.3, -0.25) is 9.63 Å². The fourth-order valence-electron chi connectivity index (χ4n) is 5.74. The summed E-state index contributed by atoms with van der Waals surface area (Å²) in [4.78, 5) is 31.9. The molecule has 1 aromatic carbocycles. The number of esters is 1. The molecule has 4 bridgehead atoms. The number of nitrogens with zero attached hydrogens (tertiary/aromatic N) is 1. The molecule has 7 nitrogen and oxygen atoms in total. The van der Waals surface area contributed by atoms with E-state index in [-0.39, 0.29) is 59.4 Å². The molecule has 4 fully saturated rings. The third kappa shape index (κ3) is 3.99. The minimum absolute atomic E-state index is 0.00709. The van der Waals surface area contributed by atoms with Gasteiger partial charge < -0.3 is 14.2 Å². The first-order valence-corrected chi connectivity index (χ1v) is 11.7. The van der Waals surface area contributed by atoms with Crippen molar-refractivity contribution in [1.29, 1.82) is 0 Å². The molecule has 0 saturated carbocycles. The fraction of sp³-hybridized carbons (Fsp3) is 0.667. The minimum atomic E-state index is -0.217. The summed E-state index contributed by atoms with van der Waals surface area (Å²) < 4.78 is 17.3. The van der Waals surface area contributed by atoms with Crippen LogP contribution in [0.25, 0.3) is 0 Å². The Balaban J connectivity index is 1.26. The summed E-state index contributed by atoms with van der Waals surface area (Å²) in [5, 5.41) is 0. The van der Waals surface area contributed by atoms with E-state index in [0.717, 1.165) is 44.2 Å². The zero-order valence-corrected chi connectivity index (χ0v) is 18.1. The quantitative estimate of drug-likeness (QED) is 0.358. The van der Waals surface area contributed by atoms with E-state index in [9.17, 15) is 9.59 Å². The molecule has 7 atom stereocenters. The number of hydroxylamine groups is 2. The van der Waals surface area contributed by atoms with Gasteiger partial charge in [0.2, 0.25) is 0 Å². The highest BCUT2D eigenvalue weighted by Crippen LogP contribution is 2.41. The van der Waals surface area contributed by atoms with E-state index in [1.165, 1.54) is 0 Å². The lowest BCUT2D eigenvalue weighted by molar-refractivity contribution is -0.194. The van der Waals surface area contributed by atoms with Crippen molar-refractivity contribution in [3.8, 4) is 0 Å². The van der Waals surface area contributed by atoms with Gasteiger partial charge in [-0.1, -0.05) is 22.8 Å². The maximum absolute atomic E-state index is 13.1. The first-order valence-electron chi connectivity index (χ1n) is 11.7. The Kier molecular flexibility index (Phi) is 5.75. The summed E-state index contributed by atoms with van der Waals surface area (Å²) in [6.45, 7) is 3.10. The van der Waals surface area contributed by atoms with E-state index >= 15 is 0 Å². The second-order valence-electron chi connectivity index (χ2n) is 9.27. The topological polar surface area (TPSA) is 71.1 Å². The predicted molar refractivity (Wildman–Crippen MR) is 113 cm³/mol. The van der Waals surface area contributed by atoms with Crippen LogP contribution >= 0.6 is 0 Å². The molecule has 4 heterocycles. The van der Waals surface area contributed by atoms with Gasteiger partial charge in [0, 0.05) is 12.1 Å². The molecule has 168 valence electrons. The van der Waals surface area contributed by atoms with E-state index in [0.29, 0.717) is 13.1 Å². The van der Waals surface area contributed by atoms with Gasteiger partial charge in [-0.2, -0.15) is 0 Å². The number of quaternary nitrogens is 1. The van der Waals surface area contributed by atoms with E-state index in [1.807, 2.05) is 37.3 Å². The van der Waals surface area contributed by atoms with Crippen LogP contribution in [-0.2, 0) is 28.6 Å². The molecule has 0 aromatic heterocycles. The molecule has 31 heavy (non-hydrogen) atoms. The number of hydrogen-bond donors (Lipinski definition) is 0. The van der Waals surface area contributed by atoms with Crippen molar-refractivity contribution in [3.63, 3.8) is 0 Å². The van der Waals surface area contributed by atoms with Crippen LogP contribution in [0.15, 0.2) is 30.3 Å². The molecule has 1 aromatic rings. The van der Waals surface area contributed by atoms with Crippen molar-refractivity contribution in [2.24, 2.45) is 11.8 Å². The highest BCUT2D eigenvalue weighted by atomic mass is 16.7. The molecule has 4 aliphatic heterocycles. The zero-order valence-electron chi connectivity index (χ0n) is 18.1. The average molecular weight is 431 g/mol. The Morgan fingerprint density at radius 3 is 2.06 bits per heavy atom.